The number of amides is 1. The summed E-state index contributed by atoms with van der Waals surface area (Å²) in [6.45, 7) is 0. The monoisotopic (exact) mass is 426 g/mol. The lowest BCUT2D eigenvalue weighted by Gasteiger charge is -2.07. The first-order chi connectivity index (χ1) is 12.4. The van der Waals surface area contributed by atoms with Gasteiger partial charge < -0.3 is 9.88 Å². The van der Waals surface area contributed by atoms with Crippen LogP contribution in [-0.2, 0) is 11.8 Å². The first-order valence-corrected chi connectivity index (χ1v) is 9.58. The van der Waals surface area contributed by atoms with Crippen LogP contribution in [0.3, 0.4) is 0 Å². The van der Waals surface area contributed by atoms with Gasteiger partial charge in [0.05, 0.1) is 5.75 Å². The number of anilines is 1. The third-order valence-corrected chi connectivity index (χ3v) is 5.09. The van der Waals surface area contributed by atoms with Crippen LogP contribution >= 0.6 is 46.6 Å². The maximum absolute atomic E-state index is 12.1. The van der Waals surface area contributed by atoms with Crippen LogP contribution in [0.5, 0.6) is 0 Å². The molecule has 0 radical (unpaired) electrons. The Balaban J connectivity index is 1.65. The molecule has 2 aromatic carbocycles. The van der Waals surface area contributed by atoms with Gasteiger partial charge in [-0.05, 0) is 30.3 Å². The Morgan fingerprint density at radius 2 is 1.81 bits per heavy atom. The highest BCUT2D eigenvalue weighted by molar-refractivity contribution is 7.99. The molecule has 3 rings (SSSR count). The van der Waals surface area contributed by atoms with Gasteiger partial charge in [0.2, 0.25) is 5.91 Å². The lowest BCUT2D eigenvalue weighted by atomic mass is 10.2. The second-order valence-corrected chi connectivity index (χ2v) is 7.62. The van der Waals surface area contributed by atoms with Crippen molar-refractivity contribution in [2.45, 2.75) is 5.16 Å². The summed E-state index contributed by atoms with van der Waals surface area (Å²) in [5.41, 5.74) is 1.41. The highest BCUT2D eigenvalue weighted by Crippen LogP contribution is 2.25. The van der Waals surface area contributed by atoms with Crippen LogP contribution in [0.15, 0.2) is 47.6 Å². The molecule has 26 heavy (non-hydrogen) atoms. The van der Waals surface area contributed by atoms with Crippen molar-refractivity contribution >= 4 is 58.2 Å². The van der Waals surface area contributed by atoms with Crippen LogP contribution < -0.4 is 5.32 Å². The van der Waals surface area contributed by atoms with E-state index in [0.717, 1.165) is 5.56 Å². The van der Waals surface area contributed by atoms with E-state index in [1.54, 1.807) is 24.3 Å². The Morgan fingerprint density at radius 1 is 1.08 bits per heavy atom. The molecule has 1 amide bonds. The van der Waals surface area contributed by atoms with E-state index in [4.69, 9.17) is 34.8 Å². The lowest BCUT2D eigenvalue weighted by molar-refractivity contribution is -0.113. The molecule has 1 aromatic heterocycles. The minimum atomic E-state index is -0.194. The summed E-state index contributed by atoms with van der Waals surface area (Å²) in [5, 5.41) is 13.2. The van der Waals surface area contributed by atoms with Gasteiger partial charge in [0.25, 0.3) is 0 Å². The van der Waals surface area contributed by atoms with E-state index in [0.29, 0.717) is 31.7 Å². The summed E-state index contributed by atoms with van der Waals surface area (Å²) < 4.78 is 1.82. The average molecular weight is 428 g/mol. The maximum atomic E-state index is 12.1. The molecule has 0 aliphatic heterocycles. The summed E-state index contributed by atoms with van der Waals surface area (Å²) in [7, 11) is 1.84. The molecule has 3 aromatic rings. The van der Waals surface area contributed by atoms with Gasteiger partial charge in [0.1, 0.15) is 0 Å². The SMILES string of the molecule is Cn1c(SCC(=O)Nc2cc(Cl)cc(Cl)c2)nnc1-c1cccc(Cl)c1. The van der Waals surface area contributed by atoms with Crippen LogP contribution in [0, 0.1) is 0 Å². The van der Waals surface area contributed by atoms with Crippen molar-refractivity contribution in [1.82, 2.24) is 14.8 Å². The second-order valence-electron chi connectivity index (χ2n) is 5.37. The molecule has 0 aliphatic rings. The van der Waals surface area contributed by atoms with E-state index in [-0.39, 0.29) is 11.7 Å². The van der Waals surface area contributed by atoms with E-state index in [2.05, 4.69) is 15.5 Å². The Hall–Kier alpha value is -1.73. The van der Waals surface area contributed by atoms with Crippen molar-refractivity contribution < 1.29 is 4.79 Å². The van der Waals surface area contributed by atoms with Gasteiger partial charge in [-0.3, -0.25) is 4.79 Å². The van der Waals surface area contributed by atoms with E-state index in [1.807, 2.05) is 29.8 Å². The first kappa shape index (κ1) is 19.0. The van der Waals surface area contributed by atoms with Gasteiger partial charge in [-0.25, -0.2) is 0 Å². The molecule has 0 saturated heterocycles. The molecule has 0 aliphatic carbocycles. The fourth-order valence-corrected chi connectivity index (χ4v) is 3.70. The third-order valence-electron chi connectivity index (χ3n) is 3.40. The summed E-state index contributed by atoms with van der Waals surface area (Å²) in [5.74, 6) is 0.656. The molecule has 134 valence electrons. The molecule has 9 heteroatoms. The number of nitrogens with zero attached hydrogens (tertiary/aromatic N) is 3. The summed E-state index contributed by atoms with van der Waals surface area (Å²) >= 11 is 19.2. The first-order valence-electron chi connectivity index (χ1n) is 7.46. The predicted molar refractivity (Wildman–Crippen MR) is 107 cm³/mol. The number of rotatable bonds is 5. The quantitative estimate of drug-likeness (QED) is 0.570. The van der Waals surface area contributed by atoms with Crippen LogP contribution in [-0.4, -0.2) is 26.4 Å². The Morgan fingerprint density at radius 3 is 2.50 bits per heavy atom. The number of carbonyl (C=O) groups excluding carboxylic acids is 1. The van der Waals surface area contributed by atoms with E-state index < -0.39 is 0 Å². The van der Waals surface area contributed by atoms with Crippen LogP contribution in [0.25, 0.3) is 11.4 Å². The van der Waals surface area contributed by atoms with Crippen molar-refractivity contribution in [2.75, 3.05) is 11.1 Å². The van der Waals surface area contributed by atoms with Crippen molar-refractivity contribution in [3.63, 3.8) is 0 Å². The number of halogens is 3. The molecule has 0 fully saturated rings. The van der Waals surface area contributed by atoms with E-state index >= 15 is 0 Å². The fraction of sp³-hybridized carbons (Fsp3) is 0.118. The number of hydrogen-bond acceptors (Lipinski definition) is 4. The number of hydrogen-bond donors (Lipinski definition) is 1. The van der Waals surface area contributed by atoms with Gasteiger partial charge in [0.15, 0.2) is 11.0 Å². The Labute approximate surface area is 169 Å². The molecule has 5 nitrogen and oxygen atoms in total. The number of thioether (sulfide) groups is 1. The Kier molecular flexibility index (Phi) is 6.09. The number of carbonyl (C=O) groups is 1. The summed E-state index contributed by atoms with van der Waals surface area (Å²) in [4.78, 5) is 12.1. The van der Waals surface area contributed by atoms with Crippen molar-refractivity contribution in [3.05, 3.63) is 57.5 Å². The van der Waals surface area contributed by atoms with Crippen molar-refractivity contribution in [3.8, 4) is 11.4 Å². The van der Waals surface area contributed by atoms with Gasteiger partial charge in [-0.2, -0.15) is 0 Å². The molecule has 0 unspecified atom stereocenters. The van der Waals surface area contributed by atoms with Crippen LogP contribution in [0.1, 0.15) is 0 Å². The number of benzene rings is 2. The summed E-state index contributed by atoms with van der Waals surface area (Å²) in [6, 6.07) is 12.2. The second kappa shape index (κ2) is 8.31. The zero-order valence-electron chi connectivity index (χ0n) is 13.5. The Bertz CT molecular complexity index is 941. The zero-order valence-corrected chi connectivity index (χ0v) is 16.6. The number of aromatic nitrogens is 3. The molecular formula is C17H13Cl3N4OS. The van der Waals surface area contributed by atoms with Gasteiger partial charge in [-0.1, -0.05) is 58.7 Å². The van der Waals surface area contributed by atoms with Gasteiger partial charge in [-0.15, -0.1) is 10.2 Å². The highest BCUT2D eigenvalue weighted by Gasteiger charge is 2.13. The van der Waals surface area contributed by atoms with Crippen LogP contribution in [0.4, 0.5) is 5.69 Å². The lowest BCUT2D eigenvalue weighted by Crippen LogP contribution is -2.14. The average Bonchev–Trinajstić information content (AvgIpc) is 2.93. The molecule has 0 spiro atoms. The van der Waals surface area contributed by atoms with Crippen LogP contribution in [0.2, 0.25) is 15.1 Å². The fourth-order valence-electron chi connectivity index (χ4n) is 2.27. The molecule has 0 saturated carbocycles. The standard InChI is InChI=1S/C17H13Cl3N4OS/c1-24-16(10-3-2-4-11(18)5-10)22-23-17(24)26-9-15(25)21-14-7-12(19)6-13(20)8-14/h2-8H,9H2,1H3,(H,21,25). The molecule has 0 bridgehead atoms. The smallest absolute Gasteiger partial charge is 0.234 e. The molecule has 1 heterocycles. The third kappa shape index (κ3) is 4.71. The molecular weight excluding hydrogens is 415 g/mol. The van der Waals surface area contributed by atoms with E-state index in [1.165, 1.54) is 11.8 Å². The minimum Gasteiger partial charge on any atom is -0.325 e. The molecule has 0 atom stereocenters. The van der Waals surface area contributed by atoms with Crippen molar-refractivity contribution in [2.24, 2.45) is 7.05 Å². The van der Waals surface area contributed by atoms with Crippen molar-refractivity contribution in [1.29, 1.82) is 0 Å². The van der Waals surface area contributed by atoms with Gasteiger partial charge >= 0.3 is 0 Å². The van der Waals surface area contributed by atoms with Gasteiger partial charge in [0, 0.05) is 33.4 Å². The minimum absolute atomic E-state index is 0.172. The number of nitrogens with one attached hydrogen (secondary N) is 1. The van der Waals surface area contributed by atoms with E-state index in [9.17, 15) is 4.79 Å². The topological polar surface area (TPSA) is 59.8 Å². The predicted octanol–water partition coefficient (Wildman–Crippen LogP) is 5.17. The largest absolute Gasteiger partial charge is 0.325 e. The summed E-state index contributed by atoms with van der Waals surface area (Å²) in [6.07, 6.45) is 0. The zero-order chi connectivity index (χ0) is 18.7. The normalized spacial score (nSPS) is 10.8. The maximum Gasteiger partial charge on any atom is 0.234 e. The highest BCUT2D eigenvalue weighted by atomic mass is 35.5. The molecule has 1 N–H and O–H groups in total.